The van der Waals surface area contributed by atoms with Crippen molar-refractivity contribution >= 4 is 32.7 Å². The van der Waals surface area contributed by atoms with Crippen LogP contribution in [-0.4, -0.2) is 31.8 Å². The van der Waals surface area contributed by atoms with E-state index in [1.54, 1.807) is 16.8 Å². The molecule has 0 fully saturated rings. The average Bonchev–Trinajstić information content (AvgIpc) is 3.24. The summed E-state index contributed by atoms with van der Waals surface area (Å²) < 4.78 is 10.5. The number of imidazole rings is 1. The van der Waals surface area contributed by atoms with Gasteiger partial charge >= 0.3 is 0 Å². The molecular weight excluding hydrogens is 448 g/mol. The summed E-state index contributed by atoms with van der Waals surface area (Å²) in [7, 11) is 0. The second kappa shape index (κ2) is 7.00. The number of nitriles is 1. The number of carbonyl (C=O) groups excluding carboxylic acids is 1. The van der Waals surface area contributed by atoms with Gasteiger partial charge in [0.15, 0.2) is 5.69 Å². The Labute approximate surface area is 179 Å². The molecule has 0 saturated carbocycles. The number of amides is 1. The number of hydrogen-bond donors (Lipinski definition) is 1. The quantitative estimate of drug-likeness (QED) is 0.502. The van der Waals surface area contributed by atoms with Gasteiger partial charge in [0, 0.05) is 16.1 Å². The van der Waals surface area contributed by atoms with Gasteiger partial charge in [0.25, 0.3) is 5.91 Å². The molecule has 2 aromatic heterocycles. The molecule has 0 atom stereocenters. The number of fused-ring (bicyclic) bond motifs is 4. The van der Waals surface area contributed by atoms with E-state index in [1.807, 2.05) is 35.0 Å². The van der Waals surface area contributed by atoms with Crippen molar-refractivity contribution in [2.24, 2.45) is 5.73 Å². The fourth-order valence-electron chi connectivity index (χ4n) is 3.71. The first-order valence-electron chi connectivity index (χ1n) is 9.23. The third-order valence-electron chi connectivity index (χ3n) is 5.06. The zero-order valence-corrected chi connectivity index (χ0v) is 17.3. The van der Waals surface area contributed by atoms with Crippen molar-refractivity contribution in [3.8, 4) is 23.2 Å². The van der Waals surface area contributed by atoms with E-state index in [2.05, 4.69) is 32.1 Å². The van der Waals surface area contributed by atoms with Crippen molar-refractivity contribution in [2.45, 2.75) is 13.1 Å². The zero-order chi connectivity index (χ0) is 20.8. The lowest BCUT2D eigenvalue weighted by molar-refractivity contribution is 0.0994. The van der Waals surface area contributed by atoms with E-state index in [0.29, 0.717) is 48.0 Å². The van der Waals surface area contributed by atoms with Gasteiger partial charge in [-0.1, -0.05) is 15.9 Å². The summed E-state index contributed by atoms with van der Waals surface area (Å²) in [4.78, 5) is 16.8. The predicted octanol–water partition coefficient (Wildman–Crippen LogP) is 3.07. The number of benzene rings is 2. The molecule has 30 heavy (non-hydrogen) atoms. The minimum Gasteiger partial charge on any atom is -0.491 e. The number of ether oxygens (including phenoxy) is 1. The minimum atomic E-state index is -0.591. The second-order valence-electron chi connectivity index (χ2n) is 6.95. The molecule has 0 unspecified atom stereocenters. The molecule has 2 aromatic carbocycles. The fraction of sp³-hybridized carbons (Fsp3) is 0.143. The smallest absolute Gasteiger partial charge is 0.269 e. The fourth-order valence-corrected chi connectivity index (χ4v) is 4.07. The van der Waals surface area contributed by atoms with Gasteiger partial charge < -0.3 is 15.0 Å². The van der Waals surface area contributed by atoms with E-state index in [9.17, 15) is 4.79 Å². The minimum absolute atomic E-state index is 0.218. The molecule has 0 saturated heterocycles. The molecule has 0 bridgehead atoms. The third-order valence-corrected chi connectivity index (χ3v) is 5.55. The first kappa shape index (κ1) is 18.4. The number of primary amides is 1. The summed E-state index contributed by atoms with van der Waals surface area (Å²) in [5.74, 6) is 0.751. The number of nitrogens with zero attached hydrogens (tertiary/aromatic N) is 5. The van der Waals surface area contributed by atoms with Gasteiger partial charge in [0.2, 0.25) is 0 Å². The second-order valence-corrected chi connectivity index (χ2v) is 7.86. The number of carbonyl (C=O) groups is 1. The molecule has 148 valence electrons. The maximum Gasteiger partial charge on any atom is 0.269 e. The molecule has 8 nitrogen and oxygen atoms in total. The Morgan fingerprint density at radius 1 is 1.30 bits per heavy atom. The van der Waals surface area contributed by atoms with Gasteiger partial charge in [0.1, 0.15) is 18.2 Å². The molecule has 9 heteroatoms. The number of hydrogen-bond acceptors (Lipinski definition) is 5. The highest BCUT2D eigenvalue weighted by Crippen LogP contribution is 2.35. The van der Waals surface area contributed by atoms with Crippen LogP contribution in [-0.2, 0) is 13.1 Å². The van der Waals surface area contributed by atoms with Gasteiger partial charge in [-0.05, 0) is 36.4 Å². The molecule has 1 aliphatic rings. The normalized spacial score (nSPS) is 12.5. The number of aromatic nitrogens is 4. The van der Waals surface area contributed by atoms with E-state index in [0.717, 1.165) is 15.4 Å². The van der Waals surface area contributed by atoms with E-state index >= 15 is 0 Å². The van der Waals surface area contributed by atoms with Crippen LogP contribution in [0.25, 0.3) is 22.3 Å². The highest BCUT2D eigenvalue weighted by molar-refractivity contribution is 9.10. The lowest BCUT2D eigenvalue weighted by Crippen LogP contribution is -2.18. The van der Waals surface area contributed by atoms with Crippen molar-refractivity contribution in [1.82, 2.24) is 19.3 Å². The maximum absolute atomic E-state index is 12.2. The summed E-state index contributed by atoms with van der Waals surface area (Å²) >= 11 is 3.49. The molecule has 4 aromatic rings. The van der Waals surface area contributed by atoms with Crippen LogP contribution in [0.1, 0.15) is 21.7 Å². The van der Waals surface area contributed by atoms with Crippen LogP contribution in [0.4, 0.5) is 0 Å². The summed E-state index contributed by atoms with van der Waals surface area (Å²) in [5, 5.41) is 14.6. The Morgan fingerprint density at radius 3 is 2.97 bits per heavy atom. The lowest BCUT2D eigenvalue weighted by Gasteiger charge is -2.09. The first-order valence-corrected chi connectivity index (χ1v) is 10.0. The predicted molar refractivity (Wildman–Crippen MR) is 113 cm³/mol. The third kappa shape index (κ3) is 3.02. The molecule has 3 heterocycles. The van der Waals surface area contributed by atoms with Gasteiger partial charge in [-0.3, -0.25) is 9.48 Å². The van der Waals surface area contributed by atoms with Crippen LogP contribution in [0.2, 0.25) is 0 Å². The highest BCUT2D eigenvalue weighted by Gasteiger charge is 2.26. The van der Waals surface area contributed by atoms with Crippen LogP contribution in [0.5, 0.6) is 5.75 Å². The van der Waals surface area contributed by atoms with Crippen LogP contribution >= 0.6 is 15.9 Å². The SMILES string of the molecule is N#Cc1ccc2cn(Cc3c(C(N)=O)nc4n3CCOc3ccc(Br)cc3-4)nc2c1. The summed E-state index contributed by atoms with van der Waals surface area (Å²) in [6.45, 7) is 1.28. The summed E-state index contributed by atoms with van der Waals surface area (Å²) in [5.41, 5.74) is 8.59. The Balaban J connectivity index is 1.64. The number of halogens is 1. The van der Waals surface area contributed by atoms with Crippen LogP contribution in [0.15, 0.2) is 47.1 Å². The average molecular weight is 463 g/mol. The van der Waals surface area contributed by atoms with E-state index in [4.69, 9.17) is 15.7 Å². The Bertz CT molecular complexity index is 1360. The van der Waals surface area contributed by atoms with E-state index in [1.165, 1.54) is 0 Å². The first-order chi connectivity index (χ1) is 14.5. The Kier molecular flexibility index (Phi) is 4.29. The maximum atomic E-state index is 12.2. The van der Waals surface area contributed by atoms with Crippen LogP contribution in [0, 0.1) is 11.3 Å². The van der Waals surface area contributed by atoms with Crippen LogP contribution < -0.4 is 10.5 Å². The monoisotopic (exact) mass is 462 g/mol. The van der Waals surface area contributed by atoms with Crippen molar-refractivity contribution in [1.29, 1.82) is 5.26 Å². The summed E-state index contributed by atoms with van der Waals surface area (Å²) in [6, 6.07) is 13.1. The lowest BCUT2D eigenvalue weighted by atomic mass is 10.2. The number of rotatable bonds is 3. The van der Waals surface area contributed by atoms with E-state index < -0.39 is 5.91 Å². The molecule has 1 aliphatic heterocycles. The molecular formula is C21H15BrN6O2. The zero-order valence-electron chi connectivity index (χ0n) is 15.7. The van der Waals surface area contributed by atoms with Gasteiger partial charge in [-0.2, -0.15) is 10.4 Å². The van der Waals surface area contributed by atoms with Crippen molar-refractivity contribution in [2.75, 3.05) is 6.61 Å². The largest absolute Gasteiger partial charge is 0.491 e. The molecule has 2 N–H and O–H groups in total. The highest BCUT2D eigenvalue weighted by atomic mass is 79.9. The topological polar surface area (TPSA) is 112 Å². The van der Waals surface area contributed by atoms with Gasteiger partial charge in [-0.15, -0.1) is 0 Å². The van der Waals surface area contributed by atoms with Crippen LogP contribution in [0.3, 0.4) is 0 Å². The summed E-state index contributed by atoms with van der Waals surface area (Å²) in [6.07, 6.45) is 1.87. The standard InChI is InChI=1S/C21H15BrN6O2/c22-14-3-4-18-15(8-14)21-25-19(20(24)29)17(28(21)5-6-30-18)11-27-10-13-2-1-12(9-23)7-16(13)26-27/h1-4,7-8,10H,5-6,11H2,(H2,24,29). The molecule has 5 rings (SSSR count). The van der Waals surface area contributed by atoms with Gasteiger partial charge in [-0.25, -0.2) is 4.98 Å². The van der Waals surface area contributed by atoms with E-state index in [-0.39, 0.29) is 5.69 Å². The van der Waals surface area contributed by atoms with Crippen molar-refractivity contribution in [3.63, 3.8) is 0 Å². The Hall–Kier alpha value is -3.64. The van der Waals surface area contributed by atoms with Gasteiger partial charge in [0.05, 0.1) is 41.5 Å². The molecule has 0 aliphatic carbocycles. The van der Waals surface area contributed by atoms with Crippen molar-refractivity contribution in [3.05, 3.63) is 64.0 Å². The molecule has 0 radical (unpaired) electrons. The Morgan fingerprint density at radius 2 is 2.17 bits per heavy atom. The number of nitrogens with two attached hydrogens (primary N) is 1. The molecule has 1 amide bonds. The molecule has 0 spiro atoms. The van der Waals surface area contributed by atoms with Crippen molar-refractivity contribution < 1.29 is 9.53 Å².